The highest BCUT2D eigenvalue weighted by atomic mass is 31.2. The van der Waals surface area contributed by atoms with Crippen molar-refractivity contribution >= 4 is 17.1 Å². The van der Waals surface area contributed by atoms with Gasteiger partial charge < -0.3 is 18.1 Å². The quantitative estimate of drug-likeness (QED) is 0.140. The molecule has 2 aliphatic heterocycles. The summed E-state index contributed by atoms with van der Waals surface area (Å²) < 4.78 is 34.6. The first kappa shape index (κ1) is 48.6. The van der Waals surface area contributed by atoms with Gasteiger partial charge in [0, 0.05) is 47.4 Å². The van der Waals surface area contributed by atoms with Crippen LogP contribution in [0.25, 0.3) is 11.1 Å². The summed E-state index contributed by atoms with van der Waals surface area (Å²) in [6, 6.07) is 31.2. The molecule has 2 heterocycles. The van der Waals surface area contributed by atoms with Gasteiger partial charge in [0.15, 0.2) is 0 Å². The number of benzene rings is 4. The fourth-order valence-corrected chi connectivity index (χ4v) is 12.4. The summed E-state index contributed by atoms with van der Waals surface area (Å²) in [4.78, 5) is 0. The molecule has 6 nitrogen and oxygen atoms in total. The largest absolute Gasteiger partial charge is 0.435 e. The minimum atomic E-state index is -1.50. The van der Waals surface area contributed by atoms with Crippen LogP contribution in [0.3, 0.4) is 0 Å². The van der Waals surface area contributed by atoms with Gasteiger partial charge in [-0.3, -0.25) is 0 Å². The fraction of sp³-hybridized carbons (Fsp3) is 0.556. The Bertz CT molecular complexity index is 1980. The average Bonchev–Trinajstić information content (AvgIpc) is 3.63. The number of nitrogens with zero attached hydrogens (tertiary/aromatic N) is 2. The highest BCUT2D eigenvalue weighted by Gasteiger charge is 2.47. The van der Waals surface area contributed by atoms with Crippen LogP contribution in [0.4, 0.5) is 0 Å². The van der Waals surface area contributed by atoms with Gasteiger partial charge in [0.2, 0.25) is 0 Å². The molecule has 4 aromatic rings. The molecule has 0 saturated carbocycles. The Morgan fingerprint density at radius 1 is 0.500 bits per heavy atom. The van der Waals surface area contributed by atoms with Gasteiger partial charge in [-0.1, -0.05) is 184 Å². The van der Waals surface area contributed by atoms with Crippen molar-refractivity contribution in [2.75, 3.05) is 13.1 Å². The van der Waals surface area contributed by atoms with Crippen LogP contribution < -0.4 is 9.05 Å². The lowest BCUT2D eigenvalue weighted by molar-refractivity contribution is 0.201. The minimum Gasteiger partial charge on any atom is -0.435 e. The number of hydrogen-bond donors (Lipinski definition) is 0. The van der Waals surface area contributed by atoms with E-state index in [1.165, 1.54) is 22.3 Å². The predicted octanol–water partition coefficient (Wildman–Crippen LogP) is 16.0. The summed E-state index contributed by atoms with van der Waals surface area (Å²) in [7, 11) is -3.00. The van der Waals surface area contributed by atoms with Crippen LogP contribution >= 0.6 is 17.1 Å². The molecule has 0 amide bonds. The Morgan fingerprint density at radius 3 is 1.10 bits per heavy atom. The van der Waals surface area contributed by atoms with Gasteiger partial charge in [-0.2, -0.15) is 0 Å². The molecule has 6 rings (SSSR count). The van der Waals surface area contributed by atoms with Crippen LogP contribution in [-0.4, -0.2) is 34.5 Å². The zero-order chi connectivity index (χ0) is 45.7. The summed E-state index contributed by atoms with van der Waals surface area (Å²) in [5.74, 6) is 2.60. The van der Waals surface area contributed by atoms with Gasteiger partial charge >= 0.3 is 17.1 Å². The van der Waals surface area contributed by atoms with Crippen molar-refractivity contribution in [3.05, 3.63) is 118 Å². The molecule has 0 N–H and O–H groups in total. The van der Waals surface area contributed by atoms with Crippen LogP contribution in [0.5, 0.6) is 11.5 Å². The molecular weight excluding hydrogens is 803 g/mol. The van der Waals surface area contributed by atoms with Crippen molar-refractivity contribution in [2.24, 2.45) is 11.8 Å². The SMILES string of the molecule is CC(C)CN1[C@@H](C)[C@@H](c2ccccc2)OP1Oc1c(-c2cc(C(C)(C)C)cc(C(C)(C)C)c2OP2O[C@H](c3ccccc3)[C@H](C)N2CC(C)C)cc(C(C)(C)C)cc1C(C)(C)C. The van der Waals surface area contributed by atoms with E-state index in [1.807, 2.05) is 0 Å². The first-order valence-electron chi connectivity index (χ1n) is 23.1. The maximum absolute atomic E-state index is 7.64. The Balaban J connectivity index is 1.64. The van der Waals surface area contributed by atoms with E-state index < -0.39 is 17.1 Å². The lowest BCUT2D eigenvalue weighted by Gasteiger charge is -2.34. The van der Waals surface area contributed by atoms with Gasteiger partial charge in [0.25, 0.3) is 0 Å². The predicted molar refractivity (Wildman–Crippen MR) is 264 cm³/mol. The van der Waals surface area contributed by atoms with Crippen molar-refractivity contribution in [2.45, 2.75) is 171 Å². The van der Waals surface area contributed by atoms with Crippen molar-refractivity contribution in [1.29, 1.82) is 0 Å². The molecule has 0 aromatic heterocycles. The van der Waals surface area contributed by atoms with Gasteiger partial charge in [0.1, 0.15) is 23.7 Å². The molecular formula is C54H78N2O4P2. The Labute approximate surface area is 379 Å². The molecule has 8 heteroatoms. The van der Waals surface area contributed by atoms with E-state index >= 15 is 0 Å². The molecule has 338 valence electrons. The maximum atomic E-state index is 7.64. The summed E-state index contributed by atoms with van der Waals surface area (Å²) in [6.07, 6.45) is -0.221. The molecule has 2 saturated heterocycles. The second kappa shape index (κ2) is 18.6. The van der Waals surface area contributed by atoms with Crippen LogP contribution in [0, 0.1) is 11.8 Å². The zero-order valence-electron chi connectivity index (χ0n) is 41.4. The molecule has 0 spiro atoms. The normalized spacial score (nSPS) is 23.2. The van der Waals surface area contributed by atoms with Crippen LogP contribution in [0.2, 0.25) is 0 Å². The zero-order valence-corrected chi connectivity index (χ0v) is 43.2. The van der Waals surface area contributed by atoms with E-state index in [-0.39, 0.29) is 46.0 Å². The third kappa shape index (κ3) is 10.8. The molecule has 2 unspecified atom stereocenters. The molecule has 6 atom stereocenters. The summed E-state index contributed by atoms with van der Waals surface area (Å²) in [5.41, 5.74) is 8.49. The van der Waals surface area contributed by atoms with Gasteiger partial charge in [-0.25, -0.2) is 9.34 Å². The van der Waals surface area contributed by atoms with Crippen molar-refractivity contribution < 1.29 is 18.1 Å². The highest BCUT2D eigenvalue weighted by molar-refractivity contribution is 7.45. The van der Waals surface area contributed by atoms with E-state index in [0.717, 1.165) is 46.8 Å². The third-order valence-electron chi connectivity index (χ3n) is 12.2. The summed E-state index contributed by atoms with van der Waals surface area (Å²) in [5, 5.41) is 0. The molecule has 0 bridgehead atoms. The third-order valence-corrected chi connectivity index (χ3v) is 15.5. The van der Waals surface area contributed by atoms with E-state index in [0.29, 0.717) is 11.8 Å². The molecule has 62 heavy (non-hydrogen) atoms. The Kier molecular flexibility index (Phi) is 14.6. The van der Waals surface area contributed by atoms with Crippen LogP contribution in [0.1, 0.15) is 170 Å². The van der Waals surface area contributed by atoms with Crippen molar-refractivity contribution in [3.8, 4) is 22.6 Å². The molecule has 2 aliphatic rings. The first-order chi connectivity index (χ1) is 28.8. The Hall–Kier alpha value is -2.82. The number of rotatable bonds is 11. The second-order valence-corrected chi connectivity index (χ2v) is 25.6. The topological polar surface area (TPSA) is 43.4 Å². The molecule has 4 aromatic carbocycles. The van der Waals surface area contributed by atoms with Crippen molar-refractivity contribution in [3.63, 3.8) is 0 Å². The molecule has 2 fully saturated rings. The maximum Gasteiger partial charge on any atom is 0.322 e. The van der Waals surface area contributed by atoms with Gasteiger partial charge in [-0.15, -0.1) is 0 Å². The van der Waals surface area contributed by atoms with Crippen LogP contribution in [0.15, 0.2) is 84.9 Å². The van der Waals surface area contributed by atoms with Gasteiger partial charge in [0.05, 0.1) is 0 Å². The van der Waals surface area contributed by atoms with E-state index in [4.69, 9.17) is 18.1 Å². The minimum absolute atomic E-state index is 0.110. The van der Waals surface area contributed by atoms with E-state index in [9.17, 15) is 0 Å². The molecule has 0 radical (unpaired) electrons. The molecule has 0 aliphatic carbocycles. The monoisotopic (exact) mass is 881 g/mol. The van der Waals surface area contributed by atoms with Crippen molar-refractivity contribution in [1.82, 2.24) is 9.34 Å². The van der Waals surface area contributed by atoms with E-state index in [1.54, 1.807) is 0 Å². The fourth-order valence-electron chi connectivity index (χ4n) is 8.42. The van der Waals surface area contributed by atoms with Gasteiger partial charge in [-0.05, 0) is 81.7 Å². The lowest BCUT2D eigenvalue weighted by atomic mass is 9.75. The van der Waals surface area contributed by atoms with Crippen LogP contribution in [-0.2, 0) is 30.7 Å². The highest BCUT2D eigenvalue weighted by Crippen LogP contribution is 2.63. The first-order valence-corrected chi connectivity index (χ1v) is 25.3. The Morgan fingerprint density at radius 2 is 0.823 bits per heavy atom. The number of hydrogen-bond acceptors (Lipinski definition) is 6. The lowest BCUT2D eigenvalue weighted by Crippen LogP contribution is -2.30. The second-order valence-electron chi connectivity index (χ2n) is 22.8. The smallest absolute Gasteiger partial charge is 0.322 e. The average molecular weight is 881 g/mol. The van der Waals surface area contributed by atoms with E-state index in [2.05, 4.69) is 219 Å². The standard InChI is InChI=1S/C54H78N2O4P2/c1-35(2)33-55-37(5)47(39-25-21-19-22-26-39)57-61(55)59-49-43(29-41(51(7,8)9)31-45(49)53(13,14)15)44-30-42(52(10,11)12)32-46(54(16,17)18)50(44)60-62-56(34-36(3)4)38(6)48(58-62)40-27-23-20-24-28-40/h19-32,35-38,47-48H,33-34H2,1-18H3/t37-,38-,47-,48-,61?,62?/m0/s1. The summed E-state index contributed by atoms with van der Waals surface area (Å²) in [6.45, 7) is 43.2. The summed E-state index contributed by atoms with van der Waals surface area (Å²) >= 11 is 0.